The van der Waals surface area contributed by atoms with Gasteiger partial charge < -0.3 is 9.83 Å². The van der Waals surface area contributed by atoms with Crippen LogP contribution >= 0.6 is 11.9 Å². The lowest BCUT2D eigenvalue weighted by atomic mass is 10.1. The van der Waals surface area contributed by atoms with Crippen molar-refractivity contribution in [2.45, 2.75) is 6.42 Å². The summed E-state index contributed by atoms with van der Waals surface area (Å²) in [6.45, 7) is 0. The maximum atomic E-state index is 10.4. The van der Waals surface area contributed by atoms with Gasteiger partial charge in [0.25, 0.3) is 0 Å². The molecule has 0 aliphatic carbocycles. The van der Waals surface area contributed by atoms with E-state index in [9.17, 15) is 4.79 Å². The zero-order valence-corrected chi connectivity index (χ0v) is 8.10. The van der Waals surface area contributed by atoms with E-state index >= 15 is 0 Å². The van der Waals surface area contributed by atoms with E-state index in [2.05, 4.69) is 4.72 Å². The summed E-state index contributed by atoms with van der Waals surface area (Å²) >= 11 is 1.48. The Hall–Kier alpha value is -1.16. The zero-order chi connectivity index (χ0) is 9.68. The lowest BCUT2D eigenvalue weighted by molar-refractivity contribution is -0.136. The first kappa shape index (κ1) is 9.92. The molecule has 0 amide bonds. The van der Waals surface area contributed by atoms with Crippen molar-refractivity contribution in [2.75, 3.05) is 11.0 Å². The first-order valence-electron chi connectivity index (χ1n) is 3.82. The fourth-order valence-corrected chi connectivity index (χ4v) is 1.40. The second-order valence-electron chi connectivity index (χ2n) is 2.58. The van der Waals surface area contributed by atoms with Gasteiger partial charge in [0, 0.05) is 11.9 Å². The van der Waals surface area contributed by atoms with Crippen LogP contribution in [0.2, 0.25) is 0 Å². The number of hydrogen-bond acceptors (Lipinski definition) is 3. The molecule has 1 aromatic rings. The van der Waals surface area contributed by atoms with Gasteiger partial charge >= 0.3 is 5.97 Å². The van der Waals surface area contributed by atoms with Gasteiger partial charge in [0.1, 0.15) is 0 Å². The molecule has 1 rings (SSSR count). The van der Waals surface area contributed by atoms with Crippen molar-refractivity contribution in [1.29, 1.82) is 0 Å². The highest BCUT2D eigenvalue weighted by Crippen LogP contribution is 2.13. The van der Waals surface area contributed by atoms with Crippen molar-refractivity contribution >= 4 is 23.6 Å². The van der Waals surface area contributed by atoms with Crippen LogP contribution in [0.15, 0.2) is 24.3 Å². The number of benzene rings is 1. The fraction of sp³-hybridized carbons (Fsp3) is 0.222. The molecule has 3 nitrogen and oxygen atoms in total. The Labute approximate surface area is 81.3 Å². The minimum absolute atomic E-state index is 0.0733. The summed E-state index contributed by atoms with van der Waals surface area (Å²) in [7, 11) is 0. The van der Waals surface area contributed by atoms with Gasteiger partial charge in [-0.3, -0.25) is 4.79 Å². The molecule has 0 aromatic heterocycles. The molecule has 70 valence electrons. The summed E-state index contributed by atoms with van der Waals surface area (Å²) in [5.74, 6) is -0.804. The van der Waals surface area contributed by atoms with Crippen LogP contribution in [0.4, 0.5) is 5.69 Å². The van der Waals surface area contributed by atoms with Crippen LogP contribution in [0, 0.1) is 0 Å². The molecule has 0 unspecified atom stereocenters. The van der Waals surface area contributed by atoms with Crippen LogP contribution in [-0.2, 0) is 11.2 Å². The second kappa shape index (κ2) is 4.77. The van der Waals surface area contributed by atoms with Crippen LogP contribution < -0.4 is 4.72 Å². The van der Waals surface area contributed by atoms with Gasteiger partial charge in [-0.2, -0.15) is 0 Å². The minimum atomic E-state index is -0.804. The molecule has 0 fully saturated rings. The highest BCUT2D eigenvalue weighted by Gasteiger charge is 2.00. The van der Waals surface area contributed by atoms with E-state index in [1.165, 1.54) is 11.9 Å². The molecule has 1 aromatic carbocycles. The fourth-order valence-electron chi connectivity index (χ4n) is 1.04. The predicted octanol–water partition coefficient (Wildman–Crippen LogP) is 2.00. The third kappa shape index (κ3) is 3.38. The standard InChI is InChI=1S/C9H11NO2S/c1-13-10-8-4-2-3-7(5-8)6-9(11)12/h2-5,10H,6H2,1H3,(H,11,12). The molecule has 0 aliphatic rings. The summed E-state index contributed by atoms with van der Waals surface area (Å²) in [6, 6.07) is 7.39. The number of rotatable bonds is 4. The van der Waals surface area contributed by atoms with E-state index in [-0.39, 0.29) is 6.42 Å². The van der Waals surface area contributed by atoms with E-state index in [1.54, 1.807) is 6.07 Å². The molecule has 0 aliphatic heterocycles. The Morgan fingerprint density at radius 2 is 2.38 bits per heavy atom. The van der Waals surface area contributed by atoms with E-state index in [4.69, 9.17) is 5.11 Å². The van der Waals surface area contributed by atoms with Gasteiger partial charge in [-0.25, -0.2) is 0 Å². The van der Waals surface area contributed by atoms with Gasteiger partial charge in [0.05, 0.1) is 6.42 Å². The van der Waals surface area contributed by atoms with Crippen molar-refractivity contribution in [3.8, 4) is 0 Å². The van der Waals surface area contributed by atoms with Crippen molar-refractivity contribution in [3.63, 3.8) is 0 Å². The smallest absolute Gasteiger partial charge is 0.307 e. The van der Waals surface area contributed by atoms with Gasteiger partial charge in [-0.05, 0) is 17.7 Å². The van der Waals surface area contributed by atoms with Crippen LogP contribution in [0.3, 0.4) is 0 Å². The van der Waals surface area contributed by atoms with Gasteiger partial charge in [-0.15, -0.1) is 0 Å². The van der Waals surface area contributed by atoms with Gasteiger partial charge in [-0.1, -0.05) is 24.1 Å². The number of carboxylic acid groups (broad SMARTS) is 1. The molecule has 4 heteroatoms. The van der Waals surface area contributed by atoms with E-state index in [1.807, 2.05) is 24.5 Å². The summed E-state index contributed by atoms with van der Waals surface area (Å²) in [4.78, 5) is 10.4. The molecule has 0 radical (unpaired) electrons. The second-order valence-corrected chi connectivity index (χ2v) is 3.19. The molecular formula is C9H11NO2S. The monoisotopic (exact) mass is 197 g/mol. The quantitative estimate of drug-likeness (QED) is 0.725. The maximum Gasteiger partial charge on any atom is 0.307 e. The summed E-state index contributed by atoms with van der Waals surface area (Å²) in [6.07, 6.45) is 1.99. The van der Waals surface area contributed by atoms with Crippen LogP contribution in [0.5, 0.6) is 0 Å². The molecule has 13 heavy (non-hydrogen) atoms. The van der Waals surface area contributed by atoms with Crippen LogP contribution in [0.1, 0.15) is 5.56 Å². The Balaban J connectivity index is 2.73. The third-order valence-electron chi connectivity index (χ3n) is 1.50. The number of carbonyl (C=O) groups is 1. The molecule has 0 saturated carbocycles. The van der Waals surface area contributed by atoms with Gasteiger partial charge in [0.15, 0.2) is 0 Å². The predicted molar refractivity (Wildman–Crippen MR) is 54.9 cm³/mol. The highest BCUT2D eigenvalue weighted by atomic mass is 32.2. The molecular weight excluding hydrogens is 186 g/mol. The van der Waals surface area contributed by atoms with Crippen LogP contribution in [-0.4, -0.2) is 17.3 Å². The van der Waals surface area contributed by atoms with E-state index in [0.717, 1.165) is 11.3 Å². The molecule has 0 spiro atoms. The van der Waals surface area contributed by atoms with Crippen molar-refractivity contribution in [3.05, 3.63) is 29.8 Å². The number of aliphatic carboxylic acids is 1. The van der Waals surface area contributed by atoms with Crippen LogP contribution in [0.25, 0.3) is 0 Å². The Morgan fingerprint density at radius 3 is 3.00 bits per heavy atom. The first-order valence-corrected chi connectivity index (χ1v) is 5.04. The molecule has 0 saturated heterocycles. The number of hydrogen-bond donors (Lipinski definition) is 2. The van der Waals surface area contributed by atoms with Crippen molar-refractivity contribution in [1.82, 2.24) is 0 Å². The number of anilines is 1. The summed E-state index contributed by atoms with van der Waals surface area (Å²) in [5.41, 5.74) is 1.75. The summed E-state index contributed by atoms with van der Waals surface area (Å²) < 4.78 is 3.04. The Morgan fingerprint density at radius 1 is 1.62 bits per heavy atom. The number of nitrogens with one attached hydrogen (secondary N) is 1. The first-order chi connectivity index (χ1) is 6.22. The average molecular weight is 197 g/mol. The van der Waals surface area contributed by atoms with Gasteiger partial charge in [0.2, 0.25) is 0 Å². The Bertz CT molecular complexity index is 301. The third-order valence-corrected chi connectivity index (χ3v) is 1.94. The minimum Gasteiger partial charge on any atom is -0.481 e. The number of carboxylic acids is 1. The lowest BCUT2D eigenvalue weighted by Crippen LogP contribution is -2.00. The molecule has 2 N–H and O–H groups in total. The summed E-state index contributed by atoms with van der Waals surface area (Å²) in [5, 5.41) is 8.56. The average Bonchev–Trinajstić information content (AvgIpc) is 2.04. The molecule has 0 atom stereocenters. The van der Waals surface area contributed by atoms with E-state index < -0.39 is 5.97 Å². The highest BCUT2D eigenvalue weighted by molar-refractivity contribution is 7.99. The van der Waals surface area contributed by atoms with Crippen molar-refractivity contribution < 1.29 is 9.90 Å². The Kier molecular flexibility index (Phi) is 3.64. The SMILES string of the molecule is CSNc1cccc(CC(=O)O)c1. The molecule has 0 bridgehead atoms. The largest absolute Gasteiger partial charge is 0.481 e. The maximum absolute atomic E-state index is 10.4. The normalized spacial score (nSPS) is 9.62. The molecule has 0 heterocycles. The van der Waals surface area contributed by atoms with Crippen molar-refractivity contribution in [2.24, 2.45) is 0 Å². The van der Waals surface area contributed by atoms with E-state index in [0.29, 0.717) is 0 Å². The topological polar surface area (TPSA) is 49.3 Å². The lowest BCUT2D eigenvalue weighted by Gasteiger charge is -2.03. The zero-order valence-electron chi connectivity index (χ0n) is 7.28.